The highest BCUT2D eigenvalue weighted by Gasteiger charge is 2.20. The van der Waals surface area contributed by atoms with E-state index in [1.54, 1.807) is 0 Å². The topological polar surface area (TPSA) is 36.3 Å². The van der Waals surface area contributed by atoms with Crippen molar-refractivity contribution in [2.24, 2.45) is 0 Å². The summed E-state index contributed by atoms with van der Waals surface area (Å²) in [4.78, 5) is 2.59. The van der Waals surface area contributed by atoms with Crippen LogP contribution in [-0.2, 0) is 6.42 Å². The van der Waals surface area contributed by atoms with Crippen molar-refractivity contribution in [1.29, 1.82) is 5.26 Å². The normalized spacial score (nSPS) is 19.1. The molecule has 0 N–H and O–H groups in total. The van der Waals surface area contributed by atoms with E-state index in [-0.39, 0.29) is 0 Å². The van der Waals surface area contributed by atoms with Crippen LogP contribution in [0.25, 0.3) is 0 Å². The molecule has 0 saturated carbocycles. The largest absolute Gasteiger partial charge is 0.492 e. The third kappa shape index (κ3) is 5.06. The number of likely N-dealkylation sites (tertiary alicyclic amines) is 1. The molecule has 1 aromatic rings. The molecule has 1 aliphatic heterocycles. The minimum atomic E-state index is 0.465. The van der Waals surface area contributed by atoms with Crippen LogP contribution in [0, 0.1) is 11.3 Å². The molecule has 0 aliphatic carbocycles. The maximum atomic E-state index is 8.66. The summed E-state index contributed by atoms with van der Waals surface area (Å²) in [5, 5.41) is 8.66. The quantitative estimate of drug-likeness (QED) is 0.765. The summed E-state index contributed by atoms with van der Waals surface area (Å²) in [5.41, 5.74) is 1.05. The van der Waals surface area contributed by atoms with Crippen molar-refractivity contribution < 1.29 is 4.74 Å². The zero-order chi connectivity index (χ0) is 14.9. The lowest BCUT2D eigenvalue weighted by Crippen LogP contribution is -2.41. The Labute approximate surface area is 128 Å². The van der Waals surface area contributed by atoms with Gasteiger partial charge in [0.2, 0.25) is 0 Å². The first-order valence-electron chi connectivity index (χ1n) is 8.16. The lowest BCUT2D eigenvalue weighted by molar-refractivity contribution is 0.116. The molecule has 0 radical (unpaired) electrons. The average molecular weight is 286 g/mol. The van der Waals surface area contributed by atoms with Crippen LogP contribution < -0.4 is 4.74 Å². The Kier molecular flexibility index (Phi) is 6.56. The van der Waals surface area contributed by atoms with Crippen molar-refractivity contribution in [1.82, 2.24) is 4.90 Å². The summed E-state index contributed by atoms with van der Waals surface area (Å²) < 4.78 is 5.84. The fraction of sp³-hybridized carbons (Fsp3) is 0.611. The van der Waals surface area contributed by atoms with Crippen molar-refractivity contribution in [3.63, 3.8) is 0 Å². The molecule has 3 heteroatoms. The monoisotopic (exact) mass is 286 g/mol. The highest BCUT2D eigenvalue weighted by molar-refractivity contribution is 5.28. The maximum absolute atomic E-state index is 8.66. The van der Waals surface area contributed by atoms with E-state index in [4.69, 9.17) is 10.00 Å². The molecule has 1 heterocycles. The minimum Gasteiger partial charge on any atom is -0.492 e. The van der Waals surface area contributed by atoms with Gasteiger partial charge in [-0.25, -0.2) is 0 Å². The molecule has 1 aliphatic rings. The smallest absolute Gasteiger partial charge is 0.119 e. The van der Waals surface area contributed by atoms with E-state index in [2.05, 4.69) is 17.9 Å². The average Bonchev–Trinajstić information content (AvgIpc) is 2.51. The van der Waals surface area contributed by atoms with Crippen LogP contribution in [0.5, 0.6) is 5.75 Å². The van der Waals surface area contributed by atoms with Crippen LogP contribution in [0.2, 0.25) is 0 Å². The molecule has 1 atom stereocenters. The van der Waals surface area contributed by atoms with Gasteiger partial charge in [0.1, 0.15) is 12.4 Å². The second kappa shape index (κ2) is 8.69. The molecule has 3 nitrogen and oxygen atoms in total. The van der Waals surface area contributed by atoms with Crippen LogP contribution >= 0.6 is 0 Å². The van der Waals surface area contributed by atoms with Crippen molar-refractivity contribution >= 4 is 0 Å². The molecular formula is C18H26N2O. The number of rotatable bonds is 7. The van der Waals surface area contributed by atoms with Crippen LogP contribution in [-0.4, -0.2) is 30.6 Å². The molecule has 21 heavy (non-hydrogen) atoms. The Morgan fingerprint density at radius 1 is 1.29 bits per heavy atom. The van der Waals surface area contributed by atoms with Gasteiger partial charge in [0.05, 0.1) is 12.5 Å². The molecule has 1 saturated heterocycles. The minimum absolute atomic E-state index is 0.465. The first kappa shape index (κ1) is 15.9. The molecule has 0 bridgehead atoms. The summed E-state index contributed by atoms with van der Waals surface area (Å²) >= 11 is 0. The van der Waals surface area contributed by atoms with E-state index in [0.717, 1.165) is 30.5 Å². The molecule has 1 unspecified atom stereocenters. The van der Waals surface area contributed by atoms with Crippen LogP contribution in [0.1, 0.15) is 44.6 Å². The Morgan fingerprint density at radius 2 is 2.10 bits per heavy atom. The van der Waals surface area contributed by atoms with Crippen LogP contribution in [0.15, 0.2) is 24.3 Å². The van der Waals surface area contributed by atoms with Crippen molar-refractivity contribution in [3.8, 4) is 11.8 Å². The summed E-state index contributed by atoms with van der Waals surface area (Å²) in [6, 6.07) is 10.8. The van der Waals surface area contributed by atoms with E-state index in [9.17, 15) is 0 Å². The lowest BCUT2D eigenvalue weighted by atomic mass is 9.98. The second-order valence-corrected chi connectivity index (χ2v) is 5.80. The van der Waals surface area contributed by atoms with E-state index in [1.807, 2.05) is 24.3 Å². The van der Waals surface area contributed by atoms with E-state index in [1.165, 1.54) is 38.6 Å². The molecule has 0 amide bonds. The van der Waals surface area contributed by atoms with Gasteiger partial charge in [0.25, 0.3) is 0 Å². The van der Waals surface area contributed by atoms with Gasteiger partial charge in [-0.15, -0.1) is 0 Å². The molecule has 1 fully saturated rings. The lowest BCUT2D eigenvalue weighted by Gasteiger charge is -2.35. The molecule has 1 aromatic carbocycles. The fourth-order valence-corrected chi connectivity index (χ4v) is 3.09. The number of benzene rings is 1. The van der Waals surface area contributed by atoms with Gasteiger partial charge in [-0.05, 0) is 43.5 Å². The number of piperidine rings is 1. The Morgan fingerprint density at radius 3 is 2.81 bits per heavy atom. The number of ether oxygens (including phenoxy) is 1. The van der Waals surface area contributed by atoms with E-state index in [0.29, 0.717) is 6.42 Å². The van der Waals surface area contributed by atoms with Gasteiger partial charge in [-0.1, -0.05) is 31.9 Å². The van der Waals surface area contributed by atoms with E-state index >= 15 is 0 Å². The SMILES string of the molecule is CCCC1CCCCN1CCOc1ccc(CC#N)cc1. The molecule has 0 aromatic heterocycles. The summed E-state index contributed by atoms with van der Waals surface area (Å²) in [5.74, 6) is 0.903. The number of nitrogens with zero attached hydrogens (tertiary/aromatic N) is 2. The van der Waals surface area contributed by atoms with Crippen molar-refractivity contribution in [3.05, 3.63) is 29.8 Å². The van der Waals surface area contributed by atoms with Gasteiger partial charge in [0, 0.05) is 12.6 Å². The highest BCUT2D eigenvalue weighted by atomic mass is 16.5. The van der Waals surface area contributed by atoms with Crippen LogP contribution in [0.3, 0.4) is 0 Å². The van der Waals surface area contributed by atoms with Crippen LogP contribution in [0.4, 0.5) is 0 Å². The number of nitriles is 1. The Hall–Kier alpha value is -1.53. The summed E-state index contributed by atoms with van der Waals surface area (Å²) in [6.45, 7) is 5.25. The predicted octanol–water partition coefficient (Wildman–Crippen LogP) is 3.79. The van der Waals surface area contributed by atoms with Gasteiger partial charge in [-0.3, -0.25) is 4.90 Å². The zero-order valence-corrected chi connectivity index (χ0v) is 13.1. The Bertz CT molecular complexity index is 447. The molecule has 114 valence electrons. The maximum Gasteiger partial charge on any atom is 0.119 e. The van der Waals surface area contributed by atoms with Crippen molar-refractivity contribution in [2.45, 2.75) is 51.5 Å². The van der Waals surface area contributed by atoms with Gasteiger partial charge >= 0.3 is 0 Å². The van der Waals surface area contributed by atoms with Crippen molar-refractivity contribution in [2.75, 3.05) is 19.7 Å². The summed E-state index contributed by atoms with van der Waals surface area (Å²) in [6.07, 6.45) is 7.08. The van der Waals surface area contributed by atoms with Gasteiger partial charge in [-0.2, -0.15) is 5.26 Å². The fourth-order valence-electron chi connectivity index (χ4n) is 3.09. The second-order valence-electron chi connectivity index (χ2n) is 5.80. The first-order valence-corrected chi connectivity index (χ1v) is 8.16. The number of hydrogen-bond donors (Lipinski definition) is 0. The van der Waals surface area contributed by atoms with E-state index < -0.39 is 0 Å². The molecular weight excluding hydrogens is 260 g/mol. The van der Waals surface area contributed by atoms with Gasteiger partial charge < -0.3 is 4.74 Å². The number of hydrogen-bond acceptors (Lipinski definition) is 3. The third-order valence-corrected chi connectivity index (χ3v) is 4.22. The predicted molar refractivity (Wildman–Crippen MR) is 85.4 cm³/mol. The summed E-state index contributed by atoms with van der Waals surface area (Å²) in [7, 11) is 0. The zero-order valence-electron chi connectivity index (χ0n) is 13.1. The standard InChI is InChI=1S/C18H26N2O/c1-2-5-17-6-3-4-13-20(17)14-15-21-18-9-7-16(8-10-18)11-12-19/h7-10,17H,2-6,11,13-15H2,1H3. The third-order valence-electron chi connectivity index (χ3n) is 4.22. The Balaban J connectivity index is 1.76. The molecule has 2 rings (SSSR count). The first-order chi connectivity index (χ1) is 10.3. The molecule has 0 spiro atoms. The van der Waals surface area contributed by atoms with Gasteiger partial charge in [0.15, 0.2) is 0 Å². The highest BCUT2D eigenvalue weighted by Crippen LogP contribution is 2.20.